The Bertz CT molecular complexity index is 492. The summed E-state index contributed by atoms with van der Waals surface area (Å²) in [5.74, 6) is -3.96. The van der Waals surface area contributed by atoms with Crippen molar-refractivity contribution in [1.29, 1.82) is 0 Å². The topological polar surface area (TPSA) is 107 Å². The highest BCUT2D eigenvalue weighted by Crippen LogP contribution is 2.43. The Morgan fingerprint density at radius 3 is 2.77 bits per heavy atom. The van der Waals surface area contributed by atoms with Crippen molar-refractivity contribution < 1.29 is 29.3 Å². The van der Waals surface area contributed by atoms with E-state index in [2.05, 4.69) is 5.32 Å². The molecular formula is C15H22FNO5. The van der Waals surface area contributed by atoms with Crippen molar-refractivity contribution in [2.75, 3.05) is 6.67 Å². The van der Waals surface area contributed by atoms with Gasteiger partial charge in [-0.3, -0.25) is 9.18 Å². The van der Waals surface area contributed by atoms with E-state index in [1.54, 1.807) is 6.08 Å². The second-order valence-electron chi connectivity index (χ2n) is 6.25. The van der Waals surface area contributed by atoms with Gasteiger partial charge in [-0.15, -0.1) is 0 Å². The van der Waals surface area contributed by atoms with Crippen LogP contribution in [0.15, 0.2) is 12.2 Å². The molecule has 0 saturated carbocycles. The van der Waals surface area contributed by atoms with Crippen LogP contribution in [0.1, 0.15) is 32.6 Å². The lowest BCUT2D eigenvalue weighted by atomic mass is 9.68. The van der Waals surface area contributed by atoms with Crippen molar-refractivity contribution in [3.63, 3.8) is 0 Å². The molecule has 4 N–H and O–H groups in total. The maximum absolute atomic E-state index is 12.7. The summed E-state index contributed by atoms with van der Waals surface area (Å²) >= 11 is 0. The van der Waals surface area contributed by atoms with Gasteiger partial charge in [0.1, 0.15) is 5.60 Å². The molecule has 0 bridgehead atoms. The highest BCUT2D eigenvalue weighted by Gasteiger charge is 2.69. The Morgan fingerprint density at radius 1 is 1.59 bits per heavy atom. The fraction of sp³-hybridized carbons (Fsp3) is 0.733. The van der Waals surface area contributed by atoms with Gasteiger partial charge in [0, 0.05) is 5.92 Å². The van der Waals surface area contributed by atoms with Gasteiger partial charge in [-0.2, -0.15) is 0 Å². The third-order valence-electron chi connectivity index (χ3n) is 4.99. The van der Waals surface area contributed by atoms with E-state index in [0.717, 1.165) is 12.8 Å². The highest BCUT2D eigenvalue weighted by molar-refractivity contribution is 5.95. The van der Waals surface area contributed by atoms with Gasteiger partial charge in [0.2, 0.25) is 5.91 Å². The number of amides is 1. The van der Waals surface area contributed by atoms with Gasteiger partial charge in [0.05, 0.1) is 18.7 Å². The molecular weight excluding hydrogens is 293 g/mol. The van der Waals surface area contributed by atoms with Crippen LogP contribution in [-0.4, -0.2) is 51.1 Å². The van der Waals surface area contributed by atoms with E-state index >= 15 is 0 Å². The number of carbonyl (C=O) groups excluding carboxylic acids is 1. The van der Waals surface area contributed by atoms with Crippen molar-refractivity contribution in [2.45, 2.75) is 49.9 Å². The first-order valence-electron chi connectivity index (χ1n) is 7.47. The molecule has 0 aromatic heterocycles. The number of aliphatic hydroxyl groups excluding tert-OH is 1. The minimum absolute atomic E-state index is 0.291. The van der Waals surface area contributed by atoms with E-state index in [4.69, 9.17) is 0 Å². The monoisotopic (exact) mass is 315 g/mol. The summed E-state index contributed by atoms with van der Waals surface area (Å²) in [6.45, 7) is 0.318. The molecule has 0 aromatic rings. The average molecular weight is 315 g/mol. The van der Waals surface area contributed by atoms with E-state index in [-0.39, 0.29) is 6.42 Å². The molecule has 0 unspecified atom stereocenters. The molecule has 1 amide bonds. The van der Waals surface area contributed by atoms with Gasteiger partial charge in [-0.05, 0) is 32.6 Å². The zero-order valence-electron chi connectivity index (χ0n) is 12.5. The zero-order chi connectivity index (χ0) is 16.5. The predicted octanol–water partition coefficient (Wildman–Crippen LogP) is 0.384. The van der Waals surface area contributed by atoms with E-state index in [0.29, 0.717) is 6.42 Å². The number of nitrogens with one attached hydrogen (secondary N) is 1. The quantitative estimate of drug-likeness (QED) is 0.549. The first-order chi connectivity index (χ1) is 10.3. The third-order valence-corrected chi connectivity index (χ3v) is 4.99. The Hall–Kier alpha value is -1.47. The molecule has 5 atom stereocenters. The molecule has 6 nitrogen and oxygen atoms in total. The number of carbonyl (C=O) groups is 2. The Labute approximate surface area is 128 Å². The van der Waals surface area contributed by atoms with Crippen LogP contribution >= 0.6 is 0 Å². The van der Waals surface area contributed by atoms with E-state index in [9.17, 15) is 29.3 Å². The van der Waals surface area contributed by atoms with Crippen molar-refractivity contribution in [3.05, 3.63) is 12.2 Å². The van der Waals surface area contributed by atoms with Crippen molar-refractivity contribution in [2.24, 2.45) is 11.8 Å². The van der Waals surface area contributed by atoms with Gasteiger partial charge >= 0.3 is 5.97 Å². The van der Waals surface area contributed by atoms with Gasteiger partial charge in [-0.25, -0.2) is 4.79 Å². The fourth-order valence-corrected chi connectivity index (χ4v) is 3.65. The van der Waals surface area contributed by atoms with E-state index in [1.807, 2.05) is 6.08 Å². The number of carboxylic acid groups (broad SMARTS) is 1. The fourth-order valence-electron chi connectivity index (χ4n) is 3.65. The standard InChI is InChI=1S/C15H22FNO5/c1-14(22)10(7-8-16)12(19)17-15(14,13(20)21)11(18)9-5-3-2-4-6-9/h3,5,9-11,18,22H,2,4,6-8H2,1H3,(H,17,19)(H,20,21)/t9-,10+,11+,14+,15+/m1/s1. The molecule has 124 valence electrons. The summed E-state index contributed by atoms with van der Waals surface area (Å²) in [5.41, 5.74) is -4.33. The van der Waals surface area contributed by atoms with Gasteiger partial charge in [0.25, 0.3) is 0 Å². The SMILES string of the molecule is C[C@]1(O)[C@@H](CCF)C(=O)N[C@]1(C(=O)O)[C@@H](O)[C@@H]1C=CCCC1. The number of alkyl halides is 1. The second kappa shape index (κ2) is 5.96. The minimum atomic E-state index is -2.24. The van der Waals surface area contributed by atoms with Crippen molar-refractivity contribution >= 4 is 11.9 Å². The summed E-state index contributed by atoms with van der Waals surface area (Å²) < 4.78 is 12.7. The predicted molar refractivity (Wildman–Crippen MR) is 75.7 cm³/mol. The van der Waals surface area contributed by atoms with Gasteiger partial charge in [0.15, 0.2) is 5.54 Å². The van der Waals surface area contributed by atoms with Crippen molar-refractivity contribution in [3.8, 4) is 0 Å². The molecule has 1 aliphatic heterocycles. The molecule has 2 aliphatic rings. The number of allylic oxidation sites excluding steroid dienone is 1. The Kier molecular flexibility index (Phi) is 4.58. The number of rotatable bonds is 5. The molecule has 2 rings (SSSR count). The largest absolute Gasteiger partial charge is 0.479 e. The maximum Gasteiger partial charge on any atom is 0.335 e. The number of halogens is 1. The molecule has 0 spiro atoms. The average Bonchev–Trinajstić information content (AvgIpc) is 2.68. The second-order valence-corrected chi connectivity index (χ2v) is 6.25. The third kappa shape index (κ3) is 2.32. The summed E-state index contributed by atoms with van der Waals surface area (Å²) in [4.78, 5) is 23.9. The van der Waals surface area contributed by atoms with Crippen LogP contribution in [-0.2, 0) is 9.59 Å². The summed E-state index contributed by atoms with van der Waals surface area (Å²) in [6, 6.07) is 0. The normalized spacial score (nSPS) is 39.5. The summed E-state index contributed by atoms with van der Waals surface area (Å²) in [5, 5.41) is 33.3. The highest BCUT2D eigenvalue weighted by atomic mass is 19.1. The molecule has 0 aromatic carbocycles. The molecule has 7 heteroatoms. The molecule has 22 heavy (non-hydrogen) atoms. The van der Waals surface area contributed by atoms with Crippen LogP contribution in [0.4, 0.5) is 4.39 Å². The maximum atomic E-state index is 12.7. The Balaban J connectivity index is 2.44. The smallest absolute Gasteiger partial charge is 0.335 e. The Morgan fingerprint density at radius 2 is 2.27 bits per heavy atom. The van der Waals surface area contributed by atoms with E-state index < -0.39 is 47.6 Å². The molecule has 1 aliphatic carbocycles. The lowest BCUT2D eigenvalue weighted by molar-refractivity contribution is -0.170. The minimum Gasteiger partial charge on any atom is -0.479 e. The molecule has 0 radical (unpaired) electrons. The number of aliphatic hydroxyl groups is 2. The van der Waals surface area contributed by atoms with Crippen LogP contribution in [0.3, 0.4) is 0 Å². The first-order valence-corrected chi connectivity index (χ1v) is 7.47. The van der Waals surface area contributed by atoms with Crippen LogP contribution in [0.25, 0.3) is 0 Å². The van der Waals surface area contributed by atoms with E-state index in [1.165, 1.54) is 6.92 Å². The van der Waals surface area contributed by atoms with Crippen LogP contribution in [0, 0.1) is 11.8 Å². The molecule has 1 saturated heterocycles. The van der Waals surface area contributed by atoms with Crippen LogP contribution < -0.4 is 5.32 Å². The number of hydrogen-bond acceptors (Lipinski definition) is 4. The molecule has 1 fully saturated rings. The number of aliphatic carboxylic acids is 1. The summed E-state index contributed by atoms with van der Waals surface area (Å²) in [6.07, 6.45) is 3.97. The summed E-state index contributed by atoms with van der Waals surface area (Å²) in [7, 11) is 0. The molecule has 1 heterocycles. The number of hydrogen-bond donors (Lipinski definition) is 4. The zero-order valence-corrected chi connectivity index (χ0v) is 12.5. The van der Waals surface area contributed by atoms with Crippen LogP contribution in [0.5, 0.6) is 0 Å². The van der Waals surface area contributed by atoms with Gasteiger partial charge in [-0.1, -0.05) is 12.2 Å². The van der Waals surface area contributed by atoms with Crippen molar-refractivity contribution in [1.82, 2.24) is 5.32 Å². The van der Waals surface area contributed by atoms with Crippen LogP contribution in [0.2, 0.25) is 0 Å². The lowest BCUT2D eigenvalue weighted by Crippen LogP contribution is -2.70. The van der Waals surface area contributed by atoms with Gasteiger partial charge < -0.3 is 20.6 Å². The first kappa shape index (κ1) is 16.9. The lowest BCUT2D eigenvalue weighted by Gasteiger charge is -2.43. The number of carboxylic acids is 1.